The number of likely N-dealkylation sites (tertiary alicyclic amines) is 1. The van der Waals surface area contributed by atoms with Crippen molar-refractivity contribution in [2.24, 2.45) is 5.92 Å². The lowest BCUT2D eigenvalue weighted by atomic mass is 9.97. The van der Waals surface area contributed by atoms with Gasteiger partial charge in [-0.2, -0.15) is 4.98 Å². The van der Waals surface area contributed by atoms with E-state index >= 15 is 0 Å². The quantitative estimate of drug-likeness (QED) is 0.728. The van der Waals surface area contributed by atoms with Crippen LogP contribution in [-0.4, -0.2) is 39.0 Å². The summed E-state index contributed by atoms with van der Waals surface area (Å²) < 4.78 is 19.0. The van der Waals surface area contributed by atoms with E-state index in [4.69, 9.17) is 4.52 Å². The van der Waals surface area contributed by atoms with Crippen LogP contribution >= 0.6 is 0 Å². The first kappa shape index (κ1) is 19.3. The van der Waals surface area contributed by atoms with Gasteiger partial charge in [0.25, 0.3) is 5.91 Å². The molecule has 29 heavy (non-hydrogen) atoms. The lowest BCUT2D eigenvalue weighted by molar-refractivity contribution is 0.0694. The van der Waals surface area contributed by atoms with E-state index in [1.54, 1.807) is 4.90 Å². The average Bonchev–Trinajstić information content (AvgIpc) is 3.16. The van der Waals surface area contributed by atoms with E-state index in [2.05, 4.69) is 29.0 Å². The number of nitrogens with zero attached hydrogens (tertiary/aromatic N) is 3. The Bertz CT molecular complexity index is 1100. The number of H-pyrrole nitrogens is 1. The van der Waals surface area contributed by atoms with E-state index in [-0.39, 0.29) is 22.8 Å². The molecule has 1 aliphatic heterocycles. The van der Waals surface area contributed by atoms with Gasteiger partial charge in [0.2, 0.25) is 11.3 Å². The maximum atomic E-state index is 13.6. The van der Waals surface area contributed by atoms with Crippen LogP contribution in [-0.2, 0) is 6.42 Å². The normalized spacial score (nSPS) is 17.2. The number of carbonyl (C=O) groups is 1. The average molecular weight is 398 g/mol. The predicted molar refractivity (Wildman–Crippen MR) is 105 cm³/mol. The highest BCUT2D eigenvalue weighted by atomic mass is 19.1. The topological polar surface area (TPSA) is 92.1 Å². The number of halogens is 1. The van der Waals surface area contributed by atoms with E-state index in [0.29, 0.717) is 36.2 Å². The third kappa shape index (κ3) is 3.92. The van der Waals surface area contributed by atoms with Gasteiger partial charge >= 0.3 is 0 Å². The van der Waals surface area contributed by atoms with Gasteiger partial charge < -0.3 is 14.4 Å². The van der Waals surface area contributed by atoms with Gasteiger partial charge in [0, 0.05) is 36.6 Å². The molecule has 152 valence electrons. The predicted octanol–water partition coefficient (Wildman–Crippen LogP) is 3.27. The molecule has 1 unspecified atom stereocenters. The molecule has 3 aromatic rings. The number of benzene rings is 1. The smallest absolute Gasteiger partial charge is 0.259 e. The number of carbonyl (C=O) groups excluding carboxylic acids is 1. The SMILES string of the molecule is CC(C)Cc1noc(C2CCCN(C(=O)c3c[nH]c4ccc(F)cc4c3=O)C2)n1. The molecule has 1 N–H and O–H groups in total. The summed E-state index contributed by atoms with van der Waals surface area (Å²) in [6.07, 6.45) is 3.76. The zero-order valence-corrected chi connectivity index (χ0v) is 16.4. The molecule has 7 nitrogen and oxygen atoms in total. The van der Waals surface area contributed by atoms with Gasteiger partial charge in [-0.15, -0.1) is 0 Å². The monoisotopic (exact) mass is 398 g/mol. The van der Waals surface area contributed by atoms with Crippen LogP contribution in [0, 0.1) is 11.7 Å². The Morgan fingerprint density at radius 1 is 1.41 bits per heavy atom. The van der Waals surface area contributed by atoms with Crippen LogP contribution in [0.25, 0.3) is 10.9 Å². The highest BCUT2D eigenvalue weighted by molar-refractivity contribution is 5.97. The minimum Gasteiger partial charge on any atom is -0.360 e. The number of amides is 1. The summed E-state index contributed by atoms with van der Waals surface area (Å²) in [4.78, 5) is 34.8. The van der Waals surface area contributed by atoms with Gasteiger partial charge in [-0.1, -0.05) is 19.0 Å². The number of nitrogens with one attached hydrogen (secondary N) is 1. The summed E-state index contributed by atoms with van der Waals surface area (Å²) in [6.45, 7) is 5.12. The molecule has 1 aromatic carbocycles. The number of aromatic amines is 1. The number of pyridine rings is 1. The van der Waals surface area contributed by atoms with E-state index in [1.807, 2.05) is 0 Å². The number of fused-ring (bicyclic) bond motifs is 1. The van der Waals surface area contributed by atoms with Crippen LogP contribution in [0.1, 0.15) is 54.7 Å². The van der Waals surface area contributed by atoms with Crippen molar-refractivity contribution in [2.75, 3.05) is 13.1 Å². The highest BCUT2D eigenvalue weighted by Gasteiger charge is 2.30. The summed E-state index contributed by atoms with van der Waals surface area (Å²) in [5.74, 6) is 0.690. The molecule has 0 spiro atoms. The Morgan fingerprint density at radius 2 is 2.24 bits per heavy atom. The first-order chi connectivity index (χ1) is 13.9. The Morgan fingerprint density at radius 3 is 3.03 bits per heavy atom. The molecule has 1 amide bonds. The van der Waals surface area contributed by atoms with Crippen molar-refractivity contribution >= 4 is 16.8 Å². The fourth-order valence-electron chi connectivity index (χ4n) is 3.76. The van der Waals surface area contributed by atoms with E-state index in [0.717, 1.165) is 25.3 Å². The molecule has 1 saturated heterocycles. The van der Waals surface area contributed by atoms with Gasteiger partial charge in [0.05, 0.1) is 5.92 Å². The van der Waals surface area contributed by atoms with Crippen LogP contribution in [0.3, 0.4) is 0 Å². The highest BCUT2D eigenvalue weighted by Crippen LogP contribution is 2.27. The second-order valence-corrected chi connectivity index (χ2v) is 7.96. The molecule has 2 aromatic heterocycles. The van der Waals surface area contributed by atoms with Crippen molar-refractivity contribution in [3.8, 4) is 0 Å². The van der Waals surface area contributed by atoms with Crippen LogP contribution in [0.15, 0.2) is 33.7 Å². The largest absolute Gasteiger partial charge is 0.360 e. The standard InChI is InChI=1S/C21H23FN4O3/c1-12(2)8-18-24-20(29-25-18)13-4-3-7-26(11-13)21(28)16-10-23-17-6-5-14(22)9-15(17)19(16)27/h5-6,9-10,12-13H,3-4,7-8,11H2,1-2H3,(H,23,27). The van der Waals surface area contributed by atoms with Gasteiger partial charge in [-0.25, -0.2) is 4.39 Å². The molecule has 0 radical (unpaired) electrons. The molecule has 1 atom stereocenters. The number of piperidine rings is 1. The van der Waals surface area contributed by atoms with Gasteiger partial charge in [-0.05, 0) is 37.0 Å². The first-order valence-electron chi connectivity index (χ1n) is 9.85. The summed E-state index contributed by atoms with van der Waals surface area (Å²) >= 11 is 0. The third-order valence-corrected chi connectivity index (χ3v) is 5.21. The van der Waals surface area contributed by atoms with Crippen LogP contribution < -0.4 is 5.43 Å². The zero-order valence-electron chi connectivity index (χ0n) is 16.4. The molecule has 0 aliphatic carbocycles. The summed E-state index contributed by atoms with van der Waals surface area (Å²) in [7, 11) is 0. The van der Waals surface area contributed by atoms with Crippen molar-refractivity contribution in [1.82, 2.24) is 20.0 Å². The zero-order chi connectivity index (χ0) is 20.5. The minimum atomic E-state index is -0.515. The van der Waals surface area contributed by atoms with Crippen molar-refractivity contribution < 1.29 is 13.7 Å². The Hall–Kier alpha value is -3.03. The summed E-state index contributed by atoms with van der Waals surface area (Å²) in [5, 5.41) is 4.20. The molecule has 4 rings (SSSR count). The van der Waals surface area contributed by atoms with Crippen molar-refractivity contribution in [1.29, 1.82) is 0 Å². The van der Waals surface area contributed by atoms with Crippen molar-refractivity contribution in [3.05, 3.63) is 57.7 Å². The maximum Gasteiger partial charge on any atom is 0.259 e. The van der Waals surface area contributed by atoms with Gasteiger partial charge in [0.15, 0.2) is 5.82 Å². The van der Waals surface area contributed by atoms with Crippen molar-refractivity contribution in [2.45, 2.75) is 39.0 Å². The minimum absolute atomic E-state index is 0.00905. The third-order valence-electron chi connectivity index (χ3n) is 5.21. The molecule has 3 heterocycles. The lowest BCUT2D eigenvalue weighted by Crippen LogP contribution is -2.41. The molecular formula is C21H23FN4O3. The Kier molecular flexibility index (Phi) is 5.17. The lowest BCUT2D eigenvalue weighted by Gasteiger charge is -2.30. The van der Waals surface area contributed by atoms with Crippen molar-refractivity contribution in [3.63, 3.8) is 0 Å². The second kappa shape index (κ2) is 7.77. The second-order valence-electron chi connectivity index (χ2n) is 7.96. The summed E-state index contributed by atoms with van der Waals surface area (Å²) in [6, 6.07) is 3.91. The molecule has 8 heteroatoms. The first-order valence-corrected chi connectivity index (χ1v) is 9.85. The number of hydrogen-bond acceptors (Lipinski definition) is 5. The summed E-state index contributed by atoms with van der Waals surface area (Å²) in [5.41, 5.74) is 0.0326. The Labute approximate surface area is 166 Å². The van der Waals surface area contributed by atoms with Crippen LogP contribution in [0.2, 0.25) is 0 Å². The van der Waals surface area contributed by atoms with Gasteiger partial charge in [0.1, 0.15) is 11.4 Å². The molecular weight excluding hydrogens is 375 g/mol. The maximum absolute atomic E-state index is 13.6. The number of hydrogen-bond donors (Lipinski definition) is 1. The molecule has 1 fully saturated rings. The number of aromatic nitrogens is 3. The van der Waals surface area contributed by atoms with Gasteiger partial charge in [-0.3, -0.25) is 9.59 Å². The fraction of sp³-hybridized carbons (Fsp3) is 0.429. The number of rotatable bonds is 4. The van der Waals surface area contributed by atoms with E-state index in [1.165, 1.54) is 18.3 Å². The molecule has 1 aliphatic rings. The Balaban J connectivity index is 1.56. The molecule has 0 saturated carbocycles. The molecule has 0 bridgehead atoms. The van der Waals surface area contributed by atoms with Crippen LogP contribution in [0.5, 0.6) is 0 Å². The fourth-order valence-corrected chi connectivity index (χ4v) is 3.76. The van der Waals surface area contributed by atoms with E-state index < -0.39 is 11.2 Å². The van der Waals surface area contributed by atoms with Crippen LogP contribution in [0.4, 0.5) is 4.39 Å². The van der Waals surface area contributed by atoms with E-state index in [9.17, 15) is 14.0 Å².